The van der Waals surface area contributed by atoms with Crippen molar-refractivity contribution in [2.75, 3.05) is 19.0 Å². The summed E-state index contributed by atoms with van der Waals surface area (Å²) in [5.41, 5.74) is 1.01. The summed E-state index contributed by atoms with van der Waals surface area (Å²) in [4.78, 5) is 27.3. The molecule has 1 aromatic heterocycles. The van der Waals surface area contributed by atoms with Gasteiger partial charge in [-0.05, 0) is 29.7 Å². The van der Waals surface area contributed by atoms with Gasteiger partial charge in [0.2, 0.25) is 5.91 Å². The minimum absolute atomic E-state index is 0.149. The second kappa shape index (κ2) is 9.53. The molecule has 6 nitrogen and oxygen atoms in total. The number of nitrogens with zero attached hydrogens (tertiary/aromatic N) is 1. The van der Waals surface area contributed by atoms with Crippen LogP contribution in [0.3, 0.4) is 0 Å². The molecule has 8 heteroatoms. The number of benzene rings is 1. The number of ether oxygens (including phenoxy) is 2. The van der Waals surface area contributed by atoms with Gasteiger partial charge in [0.1, 0.15) is 5.69 Å². The van der Waals surface area contributed by atoms with E-state index in [4.69, 9.17) is 21.1 Å². The molecule has 1 amide bonds. The first-order valence-corrected chi connectivity index (χ1v) is 9.51. The van der Waals surface area contributed by atoms with Gasteiger partial charge in [-0.3, -0.25) is 14.9 Å². The summed E-state index contributed by atoms with van der Waals surface area (Å²) in [6, 6.07) is 3.43. The Morgan fingerprint density at radius 2 is 2.11 bits per heavy atom. The average molecular weight is 409 g/mol. The largest absolute Gasteiger partial charge is 0.493 e. The topological polar surface area (TPSA) is 77.5 Å². The molecule has 0 bridgehead atoms. The number of rotatable bonds is 8. The van der Waals surface area contributed by atoms with Crippen LogP contribution in [0.15, 0.2) is 23.6 Å². The molecule has 0 aliphatic heterocycles. The zero-order valence-electron chi connectivity index (χ0n) is 15.5. The molecule has 1 heterocycles. The van der Waals surface area contributed by atoms with E-state index in [1.807, 2.05) is 13.8 Å². The van der Waals surface area contributed by atoms with Gasteiger partial charge in [-0.1, -0.05) is 25.4 Å². The molecule has 27 heavy (non-hydrogen) atoms. The highest BCUT2D eigenvalue weighted by molar-refractivity contribution is 7.14. The van der Waals surface area contributed by atoms with Crippen molar-refractivity contribution in [3.05, 3.63) is 39.9 Å². The van der Waals surface area contributed by atoms with Crippen molar-refractivity contribution < 1.29 is 19.1 Å². The van der Waals surface area contributed by atoms with E-state index in [0.29, 0.717) is 45.4 Å². The Kier molecular flexibility index (Phi) is 7.38. The van der Waals surface area contributed by atoms with Crippen LogP contribution >= 0.6 is 22.9 Å². The highest BCUT2D eigenvalue weighted by Gasteiger charge is 2.12. The lowest BCUT2D eigenvalue weighted by atomic mass is 10.1. The van der Waals surface area contributed by atoms with Crippen molar-refractivity contribution in [3.8, 4) is 11.5 Å². The van der Waals surface area contributed by atoms with Crippen LogP contribution in [0.2, 0.25) is 5.02 Å². The fourth-order valence-electron chi connectivity index (χ4n) is 2.04. The summed E-state index contributed by atoms with van der Waals surface area (Å²) < 4.78 is 11.0. The molecule has 0 unspecified atom stereocenters. The van der Waals surface area contributed by atoms with E-state index in [-0.39, 0.29) is 11.7 Å². The second-order valence-corrected chi connectivity index (χ2v) is 7.42. The summed E-state index contributed by atoms with van der Waals surface area (Å²) in [6.07, 6.45) is 2.96. The summed E-state index contributed by atoms with van der Waals surface area (Å²) in [7, 11) is 1.53. The van der Waals surface area contributed by atoms with Crippen molar-refractivity contribution in [2.24, 2.45) is 5.92 Å². The number of nitrogens with one attached hydrogen (secondary N) is 1. The lowest BCUT2D eigenvalue weighted by Crippen LogP contribution is -2.08. The summed E-state index contributed by atoms with van der Waals surface area (Å²) in [5, 5.41) is 4.98. The maximum atomic E-state index is 12.0. The normalized spacial score (nSPS) is 11.0. The number of halogens is 1. The molecule has 0 aliphatic carbocycles. The molecular formula is C19H21ClN2O4S. The van der Waals surface area contributed by atoms with E-state index in [1.54, 1.807) is 23.6 Å². The Morgan fingerprint density at radius 1 is 1.37 bits per heavy atom. The standard InChI is InChI=1S/C19H21ClN2O4S/c1-11(2)9-26-18-14(20)7-13(8-16(18)25-4)5-6-17(24)22-19-21-15(10-27-19)12(3)23/h5-8,10-11H,9H2,1-4H3,(H,21,22,24)/b6-5+. The van der Waals surface area contributed by atoms with Crippen LogP contribution in [-0.2, 0) is 4.79 Å². The summed E-state index contributed by atoms with van der Waals surface area (Å²) in [5.74, 6) is 0.810. The number of anilines is 1. The Bertz CT molecular complexity index is 861. The first kappa shape index (κ1) is 20.9. The van der Waals surface area contributed by atoms with E-state index in [0.717, 1.165) is 0 Å². The SMILES string of the molecule is COc1cc(/C=C/C(=O)Nc2nc(C(C)=O)cs2)cc(Cl)c1OCC(C)C. The van der Waals surface area contributed by atoms with E-state index in [9.17, 15) is 9.59 Å². The molecule has 0 atom stereocenters. The molecule has 0 saturated heterocycles. The molecule has 0 saturated carbocycles. The number of Topliss-reactive ketones (excluding diaryl/α,β-unsaturated/α-hetero) is 1. The minimum atomic E-state index is -0.366. The van der Waals surface area contributed by atoms with E-state index in [2.05, 4.69) is 10.3 Å². The Hall–Kier alpha value is -2.38. The zero-order valence-corrected chi connectivity index (χ0v) is 17.1. The maximum absolute atomic E-state index is 12.0. The van der Waals surface area contributed by atoms with E-state index < -0.39 is 0 Å². The lowest BCUT2D eigenvalue weighted by molar-refractivity contribution is -0.111. The van der Waals surface area contributed by atoms with Gasteiger partial charge in [0.05, 0.1) is 18.7 Å². The molecular weight excluding hydrogens is 388 g/mol. The van der Waals surface area contributed by atoms with Crippen LogP contribution in [0, 0.1) is 5.92 Å². The van der Waals surface area contributed by atoms with Crippen molar-refractivity contribution >= 4 is 45.8 Å². The molecule has 0 radical (unpaired) electrons. The van der Waals surface area contributed by atoms with Crippen LogP contribution in [0.1, 0.15) is 36.8 Å². The van der Waals surface area contributed by atoms with Crippen LogP contribution < -0.4 is 14.8 Å². The van der Waals surface area contributed by atoms with Gasteiger partial charge < -0.3 is 9.47 Å². The third kappa shape index (κ3) is 6.08. The first-order valence-electron chi connectivity index (χ1n) is 8.26. The molecule has 2 rings (SSSR count). The molecule has 2 aromatic rings. The van der Waals surface area contributed by atoms with Gasteiger partial charge in [-0.25, -0.2) is 4.98 Å². The predicted octanol–water partition coefficient (Wildman–Crippen LogP) is 4.69. The second-order valence-electron chi connectivity index (χ2n) is 6.16. The van der Waals surface area contributed by atoms with Gasteiger partial charge in [0.25, 0.3) is 0 Å². The number of amides is 1. The quantitative estimate of drug-likeness (QED) is 0.506. The zero-order chi connectivity index (χ0) is 20.0. The number of methoxy groups -OCH3 is 1. The number of aromatic nitrogens is 1. The van der Waals surface area contributed by atoms with Gasteiger partial charge in [0, 0.05) is 18.4 Å². The number of carbonyl (C=O) groups is 2. The monoisotopic (exact) mass is 408 g/mol. The number of thiazole rings is 1. The van der Waals surface area contributed by atoms with Crippen LogP contribution in [0.25, 0.3) is 6.08 Å². The minimum Gasteiger partial charge on any atom is -0.493 e. The molecule has 1 N–H and O–H groups in total. The third-order valence-corrected chi connectivity index (χ3v) is 4.37. The fourth-order valence-corrected chi connectivity index (χ4v) is 3.06. The van der Waals surface area contributed by atoms with Crippen LogP contribution in [0.4, 0.5) is 5.13 Å². The van der Waals surface area contributed by atoms with Crippen molar-refractivity contribution in [2.45, 2.75) is 20.8 Å². The molecule has 1 aromatic carbocycles. The average Bonchev–Trinajstić information content (AvgIpc) is 3.07. The third-order valence-electron chi connectivity index (χ3n) is 3.33. The molecule has 0 aliphatic rings. The number of ketones is 1. The molecule has 0 fully saturated rings. The Labute approximate surface area is 167 Å². The van der Waals surface area contributed by atoms with Crippen LogP contribution in [-0.4, -0.2) is 30.4 Å². The first-order chi connectivity index (χ1) is 12.8. The fraction of sp³-hybridized carbons (Fsp3) is 0.316. The van der Waals surface area contributed by atoms with E-state index >= 15 is 0 Å². The van der Waals surface area contributed by atoms with Gasteiger partial charge in [-0.15, -0.1) is 11.3 Å². The lowest BCUT2D eigenvalue weighted by Gasteiger charge is -2.14. The smallest absolute Gasteiger partial charge is 0.250 e. The molecule has 0 spiro atoms. The summed E-state index contributed by atoms with van der Waals surface area (Å²) in [6.45, 7) is 6.02. The number of carbonyl (C=O) groups excluding carboxylic acids is 2. The highest BCUT2D eigenvalue weighted by Crippen LogP contribution is 2.37. The molecule has 144 valence electrons. The van der Waals surface area contributed by atoms with Crippen molar-refractivity contribution in [1.29, 1.82) is 0 Å². The van der Waals surface area contributed by atoms with Crippen LogP contribution in [0.5, 0.6) is 11.5 Å². The van der Waals surface area contributed by atoms with Crippen molar-refractivity contribution in [3.63, 3.8) is 0 Å². The number of hydrogen-bond donors (Lipinski definition) is 1. The maximum Gasteiger partial charge on any atom is 0.250 e. The Morgan fingerprint density at radius 3 is 2.70 bits per heavy atom. The van der Waals surface area contributed by atoms with E-state index in [1.165, 1.54) is 31.4 Å². The highest BCUT2D eigenvalue weighted by atomic mass is 35.5. The van der Waals surface area contributed by atoms with Gasteiger partial charge >= 0.3 is 0 Å². The van der Waals surface area contributed by atoms with Gasteiger partial charge in [-0.2, -0.15) is 0 Å². The number of hydrogen-bond acceptors (Lipinski definition) is 6. The van der Waals surface area contributed by atoms with Crippen molar-refractivity contribution in [1.82, 2.24) is 4.98 Å². The Balaban J connectivity index is 2.09. The predicted molar refractivity (Wildman–Crippen MR) is 108 cm³/mol. The van der Waals surface area contributed by atoms with Gasteiger partial charge in [0.15, 0.2) is 22.4 Å². The summed E-state index contributed by atoms with van der Waals surface area (Å²) >= 11 is 7.49.